The van der Waals surface area contributed by atoms with Gasteiger partial charge in [-0.25, -0.2) is 8.42 Å². The second-order valence-electron chi connectivity index (χ2n) is 4.83. The summed E-state index contributed by atoms with van der Waals surface area (Å²) in [6.45, 7) is 3.24. The average Bonchev–Trinajstić information content (AvgIpc) is 2.71. The molecule has 0 saturated heterocycles. The van der Waals surface area contributed by atoms with E-state index in [0.29, 0.717) is 16.6 Å². The lowest BCUT2D eigenvalue weighted by Crippen LogP contribution is -2.41. The van der Waals surface area contributed by atoms with E-state index in [1.165, 1.54) is 6.20 Å². The number of rotatable bonds is 3. The van der Waals surface area contributed by atoms with Crippen LogP contribution in [-0.4, -0.2) is 18.9 Å². The van der Waals surface area contributed by atoms with Gasteiger partial charge in [-0.1, -0.05) is 5.92 Å². The van der Waals surface area contributed by atoms with Gasteiger partial charge >= 0.3 is 0 Å². The molecule has 100 valence electrons. The van der Waals surface area contributed by atoms with Crippen molar-refractivity contribution in [1.29, 1.82) is 0 Å². The van der Waals surface area contributed by atoms with Crippen LogP contribution in [0.2, 0.25) is 0 Å². The first kappa shape index (κ1) is 13.5. The number of nitrogens with one attached hydrogen (secondary N) is 2. The van der Waals surface area contributed by atoms with Crippen LogP contribution in [0.15, 0.2) is 29.3 Å². The molecule has 2 rings (SSSR count). The molecule has 0 atom stereocenters. The van der Waals surface area contributed by atoms with Crippen molar-refractivity contribution in [3.63, 3.8) is 0 Å². The summed E-state index contributed by atoms with van der Waals surface area (Å²) >= 11 is 0. The van der Waals surface area contributed by atoms with Gasteiger partial charge in [-0.3, -0.25) is 0 Å². The minimum Gasteiger partial charge on any atom is -0.399 e. The Labute approximate surface area is 112 Å². The van der Waals surface area contributed by atoms with E-state index in [0.717, 1.165) is 0 Å². The van der Waals surface area contributed by atoms with E-state index in [4.69, 9.17) is 12.2 Å². The molecule has 1 heterocycles. The molecule has 0 spiro atoms. The van der Waals surface area contributed by atoms with E-state index >= 15 is 0 Å². The highest BCUT2D eigenvalue weighted by atomic mass is 32.2. The first-order valence-corrected chi connectivity index (χ1v) is 7.12. The summed E-state index contributed by atoms with van der Waals surface area (Å²) in [5, 5.41) is 0.578. The Morgan fingerprint density at radius 2 is 2.11 bits per heavy atom. The lowest BCUT2D eigenvalue weighted by molar-refractivity contribution is 0.540. The van der Waals surface area contributed by atoms with Crippen LogP contribution in [0.3, 0.4) is 0 Å². The van der Waals surface area contributed by atoms with Crippen LogP contribution < -0.4 is 10.5 Å². The average molecular weight is 277 g/mol. The van der Waals surface area contributed by atoms with Gasteiger partial charge in [0.05, 0.1) is 5.54 Å². The molecule has 0 amide bonds. The van der Waals surface area contributed by atoms with Gasteiger partial charge in [0.2, 0.25) is 10.0 Å². The Morgan fingerprint density at radius 1 is 1.42 bits per heavy atom. The molecule has 0 aliphatic heterocycles. The van der Waals surface area contributed by atoms with Gasteiger partial charge in [-0.05, 0) is 32.0 Å². The molecule has 0 saturated carbocycles. The number of terminal acetylenes is 1. The Morgan fingerprint density at radius 3 is 2.74 bits per heavy atom. The minimum absolute atomic E-state index is 0.158. The van der Waals surface area contributed by atoms with E-state index in [-0.39, 0.29) is 4.90 Å². The van der Waals surface area contributed by atoms with Gasteiger partial charge in [-0.15, -0.1) is 6.42 Å². The summed E-state index contributed by atoms with van der Waals surface area (Å²) in [6, 6.07) is 5.00. The van der Waals surface area contributed by atoms with Gasteiger partial charge in [0.25, 0.3) is 0 Å². The summed E-state index contributed by atoms with van der Waals surface area (Å²) in [5.41, 5.74) is 5.94. The van der Waals surface area contributed by atoms with Gasteiger partial charge in [-0.2, -0.15) is 4.72 Å². The number of hydrogen-bond donors (Lipinski definition) is 3. The van der Waals surface area contributed by atoms with Crippen LogP contribution in [0.1, 0.15) is 13.8 Å². The van der Waals surface area contributed by atoms with E-state index in [1.54, 1.807) is 32.0 Å². The third-order valence-corrected chi connectivity index (χ3v) is 4.40. The molecule has 0 aliphatic rings. The molecule has 0 unspecified atom stereocenters. The second kappa shape index (κ2) is 4.30. The number of benzene rings is 1. The molecular formula is C13H15N3O2S. The van der Waals surface area contributed by atoms with Crippen molar-refractivity contribution in [2.75, 3.05) is 5.73 Å². The van der Waals surface area contributed by atoms with Gasteiger partial charge in [0, 0.05) is 22.8 Å². The number of hydrogen-bond acceptors (Lipinski definition) is 3. The van der Waals surface area contributed by atoms with Crippen LogP contribution in [0.5, 0.6) is 0 Å². The number of nitrogen functional groups attached to an aromatic ring is 1. The van der Waals surface area contributed by atoms with Crippen LogP contribution >= 0.6 is 0 Å². The third kappa shape index (κ3) is 2.57. The van der Waals surface area contributed by atoms with Crippen molar-refractivity contribution < 1.29 is 8.42 Å². The first-order chi connectivity index (χ1) is 8.75. The largest absolute Gasteiger partial charge is 0.399 e. The molecule has 19 heavy (non-hydrogen) atoms. The molecule has 0 bridgehead atoms. The predicted molar refractivity (Wildman–Crippen MR) is 75.9 cm³/mol. The smallest absolute Gasteiger partial charge is 0.243 e. The highest BCUT2D eigenvalue weighted by molar-refractivity contribution is 7.89. The number of H-pyrrole nitrogens is 1. The van der Waals surface area contributed by atoms with Gasteiger partial charge < -0.3 is 10.7 Å². The van der Waals surface area contributed by atoms with Crippen LogP contribution in [0.4, 0.5) is 5.69 Å². The van der Waals surface area contributed by atoms with E-state index in [9.17, 15) is 8.42 Å². The molecule has 6 heteroatoms. The maximum atomic E-state index is 12.3. The third-order valence-electron chi connectivity index (χ3n) is 2.71. The summed E-state index contributed by atoms with van der Waals surface area (Å²) < 4.78 is 27.1. The number of aromatic nitrogens is 1. The number of fused-ring (bicyclic) bond motifs is 1. The monoisotopic (exact) mass is 277 g/mol. The number of sulfonamides is 1. The summed E-state index contributed by atoms with van der Waals surface area (Å²) in [6.07, 6.45) is 6.73. The van der Waals surface area contributed by atoms with E-state index in [2.05, 4.69) is 15.6 Å². The molecule has 0 aliphatic carbocycles. The molecular weight excluding hydrogens is 262 g/mol. The Kier molecular flexibility index (Phi) is 3.04. The van der Waals surface area contributed by atoms with E-state index in [1.807, 2.05) is 0 Å². The molecule has 0 radical (unpaired) electrons. The lowest BCUT2D eigenvalue weighted by atomic mass is 10.1. The maximum Gasteiger partial charge on any atom is 0.243 e. The molecule has 1 aromatic carbocycles. The molecule has 1 aromatic heterocycles. The fourth-order valence-electron chi connectivity index (χ4n) is 1.76. The molecule has 5 nitrogen and oxygen atoms in total. The minimum atomic E-state index is -3.69. The number of aromatic amines is 1. The van der Waals surface area contributed by atoms with Crippen LogP contribution in [0, 0.1) is 12.3 Å². The molecule has 2 aromatic rings. The van der Waals surface area contributed by atoms with E-state index < -0.39 is 15.6 Å². The van der Waals surface area contributed by atoms with Crippen LogP contribution in [-0.2, 0) is 10.0 Å². The van der Waals surface area contributed by atoms with Gasteiger partial charge in [0.15, 0.2) is 0 Å². The standard InChI is InChI=1S/C13H15N3O2S/c1-4-13(2,3)16-19(17,18)12-8-15-11-7-9(14)5-6-10(11)12/h1,5-8,15-16H,14H2,2-3H3. The van der Waals surface area contributed by atoms with Crippen molar-refractivity contribution in [2.45, 2.75) is 24.3 Å². The quantitative estimate of drug-likeness (QED) is 0.586. The van der Waals surface area contributed by atoms with Crippen molar-refractivity contribution in [3.05, 3.63) is 24.4 Å². The maximum absolute atomic E-state index is 12.3. The Bertz CT molecular complexity index is 767. The van der Waals surface area contributed by atoms with Crippen molar-refractivity contribution in [1.82, 2.24) is 9.71 Å². The Balaban J connectivity index is 2.53. The zero-order valence-corrected chi connectivity index (χ0v) is 11.5. The highest BCUT2D eigenvalue weighted by Gasteiger charge is 2.26. The SMILES string of the molecule is C#CC(C)(C)NS(=O)(=O)c1c[nH]c2cc(N)ccc12. The second-order valence-corrected chi connectivity index (χ2v) is 6.48. The fourth-order valence-corrected chi connectivity index (χ4v) is 3.28. The molecule has 0 fully saturated rings. The molecule has 4 N–H and O–H groups in total. The zero-order chi connectivity index (χ0) is 14.3. The van der Waals surface area contributed by atoms with Crippen molar-refractivity contribution in [2.24, 2.45) is 0 Å². The van der Waals surface area contributed by atoms with Crippen LogP contribution in [0.25, 0.3) is 10.9 Å². The Hall–Kier alpha value is -1.97. The lowest BCUT2D eigenvalue weighted by Gasteiger charge is -2.19. The fraction of sp³-hybridized carbons (Fsp3) is 0.231. The number of nitrogens with two attached hydrogens (primary N) is 1. The van der Waals surface area contributed by atoms with Crippen molar-refractivity contribution >= 4 is 26.6 Å². The topological polar surface area (TPSA) is 88.0 Å². The first-order valence-electron chi connectivity index (χ1n) is 5.63. The van der Waals surface area contributed by atoms with Crippen molar-refractivity contribution in [3.8, 4) is 12.3 Å². The number of anilines is 1. The normalized spacial score (nSPS) is 12.5. The predicted octanol–water partition coefficient (Wildman–Crippen LogP) is 1.44. The summed E-state index contributed by atoms with van der Waals surface area (Å²) in [7, 11) is -3.69. The zero-order valence-electron chi connectivity index (χ0n) is 10.7. The summed E-state index contributed by atoms with van der Waals surface area (Å²) in [4.78, 5) is 3.05. The van der Waals surface area contributed by atoms with Gasteiger partial charge in [0.1, 0.15) is 4.90 Å². The summed E-state index contributed by atoms with van der Waals surface area (Å²) in [5.74, 6) is 2.40. The highest BCUT2D eigenvalue weighted by Crippen LogP contribution is 2.25.